The van der Waals surface area contributed by atoms with E-state index in [1.165, 1.54) is 32.1 Å². The highest BCUT2D eigenvalue weighted by Gasteiger charge is 2.25. The summed E-state index contributed by atoms with van der Waals surface area (Å²) in [6, 6.07) is 1.24. The van der Waals surface area contributed by atoms with Crippen LogP contribution in [0.2, 0.25) is 0 Å². The van der Waals surface area contributed by atoms with Gasteiger partial charge in [-0.3, -0.25) is 0 Å². The van der Waals surface area contributed by atoms with Gasteiger partial charge in [-0.2, -0.15) is 0 Å². The van der Waals surface area contributed by atoms with E-state index in [0.29, 0.717) is 12.1 Å². The molecule has 1 fully saturated rings. The maximum atomic E-state index is 4.18. The van der Waals surface area contributed by atoms with Gasteiger partial charge in [-0.05, 0) is 25.3 Å². The second-order valence-electron chi connectivity index (χ2n) is 5.39. The third kappa shape index (κ3) is 3.32. The molecule has 96 valence electrons. The Morgan fingerprint density at radius 3 is 2.94 bits per heavy atom. The zero-order valence-electron chi connectivity index (χ0n) is 11.1. The average molecular weight is 235 g/mol. The number of nitrogens with one attached hydrogen (secondary N) is 1. The average Bonchev–Trinajstić information content (AvgIpc) is 2.90. The Balaban J connectivity index is 1.93. The molecule has 1 aromatic heterocycles. The van der Waals surface area contributed by atoms with Gasteiger partial charge in [0.25, 0.3) is 0 Å². The van der Waals surface area contributed by atoms with Gasteiger partial charge in [0.15, 0.2) is 0 Å². The van der Waals surface area contributed by atoms with Crippen molar-refractivity contribution in [2.75, 3.05) is 6.54 Å². The fourth-order valence-electron chi connectivity index (χ4n) is 2.67. The highest BCUT2D eigenvalue weighted by atomic mass is 15.1. The Morgan fingerprint density at radius 1 is 1.41 bits per heavy atom. The Hall–Kier alpha value is -0.830. The molecule has 0 bridgehead atoms. The SMILES string of the molecule is CCC(C)CN[C@H]1CCCC[C@H]1n1ccnc1. The van der Waals surface area contributed by atoms with Crippen molar-refractivity contribution < 1.29 is 0 Å². The molecule has 1 saturated carbocycles. The van der Waals surface area contributed by atoms with Crippen molar-refractivity contribution >= 4 is 0 Å². The Kier molecular flexibility index (Phi) is 4.60. The second-order valence-corrected chi connectivity index (χ2v) is 5.39. The van der Waals surface area contributed by atoms with E-state index in [2.05, 4.69) is 34.9 Å². The summed E-state index contributed by atoms with van der Waals surface area (Å²) in [7, 11) is 0. The second kappa shape index (κ2) is 6.20. The van der Waals surface area contributed by atoms with Gasteiger partial charge in [-0.15, -0.1) is 0 Å². The van der Waals surface area contributed by atoms with Gasteiger partial charge >= 0.3 is 0 Å². The molecule has 2 rings (SSSR count). The molecule has 0 saturated heterocycles. The fraction of sp³-hybridized carbons (Fsp3) is 0.786. The number of nitrogens with zero attached hydrogens (tertiary/aromatic N) is 2. The first-order valence-electron chi connectivity index (χ1n) is 7.02. The summed E-state index contributed by atoms with van der Waals surface area (Å²) >= 11 is 0. The molecule has 3 nitrogen and oxygen atoms in total. The topological polar surface area (TPSA) is 29.9 Å². The van der Waals surface area contributed by atoms with E-state index < -0.39 is 0 Å². The normalized spacial score (nSPS) is 26.9. The van der Waals surface area contributed by atoms with Crippen LogP contribution < -0.4 is 5.32 Å². The summed E-state index contributed by atoms with van der Waals surface area (Å²) in [6.07, 6.45) is 12.5. The van der Waals surface area contributed by atoms with Gasteiger partial charge in [0, 0.05) is 24.5 Å². The van der Waals surface area contributed by atoms with E-state index >= 15 is 0 Å². The number of hydrogen-bond acceptors (Lipinski definition) is 2. The van der Waals surface area contributed by atoms with Crippen LogP contribution in [0.1, 0.15) is 52.0 Å². The van der Waals surface area contributed by atoms with Crippen LogP contribution in [0.25, 0.3) is 0 Å². The van der Waals surface area contributed by atoms with Crippen molar-refractivity contribution in [2.24, 2.45) is 5.92 Å². The van der Waals surface area contributed by atoms with Crippen LogP contribution in [0.4, 0.5) is 0 Å². The third-order valence-electron chi connectivity index (χ3n) is 4.06. The molecule has 0 amide bonds. The van der Waals surface area contributed by atoms with Crippen LogP contribution in [-0.4, -0.2) is 22.1 Å². The van der Waals surface area contributed by atoms with Crippen molar-refractivity contribution in [3.63, 3.8) is 0 Å². The molecule has 1 heterocycles. The highest BCUT2D eigenvalue weighted by molar-refractivity contribution is 4.90. The fourth-order valence-corrected chi connectivity index (χ4v) is 2.67. The van der Waals surface area contributed by atoms with Gasteiger partial charge in [-0.25, -0.2) is 4.98 Å². The smallest absolute Gasteiger partial charge is 0.0949 e. The van der Waals surface area contributed by atoms with Crippen LogP contribution in [0.3, 0.4) is 0 Å². The lowest BCUT2D eigenvalue weighted by Crippen LogP contribution is -2.41. The lowest BCUT2D eigenvalue weighted by atomic mass is 9.89. The summed E-state index contributed by atoms with van der Waals surface area (Å²) in [5.74, 6) is 0.778. The predicted octanol–water partition coefficient (Wildman–Crippen LogP) is 3.00. The standard InChI is InChI=1S/C14H25N3/c1-3-12(2)10-16-13-6-4-5-7-14(13)17-9-8-15-11-17/h8-9,11-14,16H,3-7,10H2,1-2H3/t12?,13-,14+/m0/s1. The van der Waals surface area contributed by atoms with Crippen molar-refractivity contribution in [1.82, 2.24) is 14.9 Å². The van der Waals surface area contributed by atoms with E-state index in [0.717, 1.165) is 12.5 Å². The first-order valence-corrected chi connectivity index (χ1v) is 7.02. The third-order valence-corrected chi connectivity index (χ3v) is 4.06. The first kappa shape index (κ1) is 12.6. The zero-order chi connectivity index (χ0) is 12.1. The monoisotopic (exact) mass is 235 g/mol. The molecule has 0 aliphatic heterocycles. The van der Waals surface area contributed by atoms with Gasteiger partial charge < -0.3 is 9.88 Å². The predicted molar refractivity (Wildman–Crippen MR) is 71.0 cm³/mol. The van der Waals surface area contributed by atoms with Crippen molar-refractivity contribution in [3.05, 3.63) is 18.7 Å². The Labute approximate surface area is 105 Å². The number of aromatic nitrogens is 2. The van der Waals surface area contributed by atoms with E-state index in [9.17, 15) is 0 Å². The van der Waals surface area contributed by atoms with E-state index in [1.807, 2.05) is 12.5 Å². The van der Waals surface area contributed by atoms with E-state index in [-0.39, 0.29) is 0 Å². The lowest BCUT2D eigenvalue weighted by molar-refractivity contribution is 0.253. The molecular formula is C14H25N3. The van der Waals surface area contributed by atoms with Gasteiger partial charge in [0.05, 0.1) is 6.33 Å². The molecule has 0 radical (unpaired) electrons. The molecule has 1 unspecified atom stereocenters. The highest BCUT2D eigenvalue weighted by Crippen LogP contribution is 2.28. The number of imidazole rings is 1. The number of hydrogen-bond donors (Lipinski definition) is 1. The molecule has 3 heteroatoms. The summed E-state index contributed by atoms with van der Waals surface area (Å²) in [5.41, 5.74) is 0. The Bertz CT molecular complexity index is 307. The molecule has 1 aromatic rings. The van der Waals surface area contributed by atoms with Crippen LogP contribution in [0, 0.1) is 5.92 Å². The van der Waals surface area contributed by atoms with Crippen molar-refractivity contribution in [3.8, 4) is 0 Å². The molecule has 0 aromatic carbocycles. The van der Waals surface area contributed by atoms with Gasteiger partial charge in [0.1, 0.15) is 0 Å². The molecule has 17 heavy (non-hydrogen) atoms. The largest absolute Gasteiger partial charge is 0.333 e. The minimum absolute atomic E-state index is 0.607. The molecular weight excluding hydrogens is 210 g/mol. The summed E-state index contributed by atoms with van der Waals surface area (Å²) in [6.45, 7) is 5.73. The molecule has 3 atom stereocenters. The summed E-state index contributed by atoms with van der Waals surface area (Å²) < 4.78 is 2.29. The molecule has 1 aliphatic rings. The van der Waals surface area contributed by atoms with Crippen LogP contribution in [-0.2, 0) is 0 Å². The Morgan fingerprint density at radius 2 is 2.24 bits per heavy atom. The van der Waals surface area contributed by atoms with Gasteiger partial charge in [0.2, 0.25) is 0 Å². The molecule has 0 spiro atoms. The quantitative estimate of drug-likeness (QED) is 0.850. The number of rotatable bonds is 5. The zero-order valence-corrected chi connectivity index (χ0v) is 11.1. The van der Waals surface area contributed by atoms with E-state index in [4.69, 9.17) is 0 Å². The minimum Gasteiger partial charge on any atom is -0.333 e. The van der Waals surface area contributed by atoms with Crippen LogP contribution in [0.5, 0.6) is 0 Å². The maximum Gasteiger partial charge on any atom is 0.0949 e. The van der Waals surface area contributed by atoms with Crippen molar-refractivity contribution in [1.29, 1.82) is 0 Å². The molecule has 1 N–H and O–H groups in total. The molecule has 1 aliphatic carbocycles. The van der Waals surface area contributed by atoms with E-state index in [1.54, 1.807) is 0 Å². The first-order chi connectivity index (χ1) is 8.31. The maximum absolute atomic E-state index is 4.18. The van der Waals surface area contributed by atoms with Crippen LogP contribution >= 0.6 is 0 Å². The summed E-state index contributed by atoms with van der Waals surface area (Å²) in [4.78, 5) is 4.18. The van der Waals surface area contributed by atoms with Crippen LogP contribution in [0.15, 0.2) is 18.7 Å². The van der Waals surface area contributed by atoms with Crippen molar-refractivity contribution in [2.45, 2.75) is 58.0 Å². The van der Waals surface area contributed by atoms with Gasteiger partial charge in [-0.1, -0.05) is 33.1 Å². The lowest BCUT2D eigenvalue weighted by Gasteiger charge is -2.33. The minimum atomic E-state index is 0.607. The summed E-state index contributed by atoms with van der Waals surface area (Å²) in [5, 5.41) is 3.76.